The van der Waals surface area contributed by atoms with Crippen molar-refractivity contribution < 1.29 is 9.59 Å². The van der Waals surface area contributed by atoms with Gasteiger partial charge in [0.2, 0.25) is 11.8 Å². The van der Waals surface area contributed by atoms with Crippen LogP contribution in [0.3, 0.4) is 0 Å². The van der Waals surface area contributed by atoms with Crippen molar-refractivity contribution >= 4 is 28.8 Å². The van der Waals surface area contributed by atoms with E-state index in [1.165, 1.54) is 29.0 Å². The summed E-state index contributed by atoms with van der Waals surface area (Å²) in [5, 5.41) is 4.13. The van der Waals surface area contributed by atoms with Gasteiger partial charge in [-0.25, -0.2) is 4.98 Å². The van der Waals surface area contributed by atoms with E-state index >= 15 is 0 Å². The van der Waals surface area contributed by atoms with Crippen LogP contribution in [0.4, 0.5) is 5.69 Å². The minimum absolute atomic E-state index is 0.0250. The molecule has 2 heterocycles. The van der Waals surface area contributed by atoms with Crippen LogP contribution in [0, 0.1) is 5.92 Å². The normalized spacial score (nSPS) is 19.0. The van der Waals surface area contributed by atoms with Gasteiger partial charge in [-0.15, -0.1) is 11.3 Å². The monoisotopic (exact) mass is 397 g/mol. The number of fused-ring (bicyclic) bond motifs is 1. The molecule has 1 fully saturated rings. The van der Waals surface area contributed by atoms with Crippen LogP contribution in [0.15, 0.2) is 24.3 Å². The Morgan fingerprint density at radius 3 is 2.79 bits per heavy atom. The topological polar surface area (TPSA) is 62.3 Å². The first-order valence-corrected chi connectivity index (χ1v) is 11.1. The molecule has 4 rings (SSSR count). The van der Waals surface area contributed by atoms with E-state index in [2.05, 4.69) is 12.2 Å². The Balaban J connectivity index is 1.29. The maximum Gasteiger partial charge on any atom is 0.227 e. The maximum atomic E-state index is 12.5. The molecule has 1 N–H and O–H groups in total. The minimum atomic E-state index is -0.275. The SMILES string of the molecule is CCc1ccc(N2CC(C(=O)NCCc3nc4c(s3)CCCC4)CC2=O)cc1. The van der Waals surface area contributed by atoms with Crippen molar-refractivity contribution in [2.45, 2.75) is 51.9 Å². The number of amides is 2. The highest BCUT2D eigenvalue weighted by atomic mass is 32.1. The Kier molecular flexibility index (Phi) is 5.76. The van der Waals surface area contributed by atoms with Crippen molar-refractivity contribution in [3.8, 4) is 0 Å². The molecule has 5 nitrogen and oxygen atoms in total. The lowest BCUT2D eigenvalue weighted by Gasteiger charge is -2.17. The first-order valence-electron chi connectivity index (χ1n) is 10.3. The number of hydrogen-bond acceptors (Lipinski definition) is 4. The van der Waals surface area contributed by atoms with Crippen molar-refractivity contribution in [3.63, 3.8) is 0 Å². The zero-order chi connectivity index (χ0) is 19.5. The number of anilines is 1. The van der Waals surface area contributed by atoms with Gasteiger partial charge in [-0.05, 0) is 49.8 Å². The number of nitrogens with zero attached hydrogens (tertiary/aromatic N) is 2. The number of carbonyl (C=O) groups excluding carboxylic acids is 2. The lowest BCUT2D eigenvalue weighted by molar-refractivity contribution is -0.126. The molecule has 28 heavy (non-hydrogen) atoms. The van der Waals surface area contributed by atoms with Crippen LogP contribution in [-0.2, 0) is 35.3 Å². The van der Waals surface area contributed by atoms with Crippen LogP contribution in [0.5, 0.6) is 0 Å². The zero-order valence-electron chi connectivity index (χ0n) is 16.4. The van der Waals surface area contributed by atoms with Gasteiger partial charge in [0.25, 0.3) is 0 Å². The van der Waals surface area contributed by atoms with Gasteiger partial charge in [-0.2, -0.15) is 0 Å². The largest absolute Gasteiger partial charge is 0.355 e. The third-order valence-corrected chi connectivity index (χ3v) is 6.90. The quantitative estimate of drug-likeness (QED) is 0.814. The molecule has 0 saturated carbocycles. The summed E-state index contributed by atoms with van der Waals surface area (Å²) in [7, 11) is 0. The predicted octanol–water partition coefficient (Wildman–Crippen LogP) is 3.30. The number of hydrogen-bond donors (Lipinski definition) is 1. The first kappa shape index (κ1) is 19.1. The molecule has 1 aliphatic heterocycles. The summed E-state index contributed by atoms with van der Waals surface area (Å²) in [6.45, 7) is 3.15. The van der Waals surface area contributed by atoms with Crippen molar-refractivity contribution in [1.29, 1.82) is 0 Å². The average Bonchev–Trinajstić information content (AvgIpc) is 3.31. The Morgan fingerprint density at radius 1 is 1.25 bits per heavy atom. The molecule has 148 valence electrons. The van der Waals surface area contributed by atoms with Crippen LogP contribution in [0.25, 0.3) is 0 Å². The van der Waals surface area contributed by atoms with Gasteiger partial charge in [0, 0.05) is 36.5 Å². The molecule has 2 aliphatic rings. The zero-order valence-corrected chi connectivity index (χ0v) is 17.2. The third kappa shape index (κ3) is 4.12. The molecule has 0 radical (unpaired) electrons. The molecule has 0 bridgehead atoms. The fourth-order valence-corrected chi connectivity index (χ4v) is 5.15. The number of benzene rings is 1. The highest BCUT2D eigenvalue weighted by Crippen LogP contribution is 2.27. The molecule has 1 aliphatic carbocycles. The van der Waals surface area contributed by atoms with Gasteiger partial charge in [-0.1, -0.05) is 19.1 Å². The van der Waals surface area contributed by atoms with Gasteiger partial charge < -0.3 is 10.2 Å². The van der Waals surface area contributed by atoms with Crippen molar-refractivity contribution in [1.82, 2.24) is 10.3 Å². The number of nitrogens with one attached hydrogen (secondary N) is 1. The summed E-state index contributed by atoms with van der Waals surface area (Å²) < 4.78 is 0. The molecule has 1 unspecified atom stereocenters. The summed E-state index contributed by atoms with van der Waals surface area (Å²) in [6, 6.07) is 8.04. The average molecular weight is 398 g/mol. The van der Waals surface area contributed by atoms with Gasteiger partial charge in [0.05, 0.1) is 16.6 Å². The van der Waals surface area contributed by atoms with Crippen LogP contribution in [0.1, 0.15) is 47.3 Å². The van der Waals surface area contributed by atoms with E-state index in [1.54, 1.807) is 16.2 Å². The predicted molar refractivity (Wildman–Crippen MR) is 112 cm³/mol. The van der Waals surface area contributed by atoms with Gasteiger partial charge in [0.1, 0.15) is 0 Å². The highest BCUT2D eigenvalue weighted by molar-refractivity contribution is 7.11. The van der Waals surface area contributed by atoms with Crippen molar-refractivity contribution in [2.75, 3.05) is 18.0 Å². The maximum absolute atomic E-state index is 12.5. The Labute approximate surface area is 170 Å². The van der Waals surface area contributed by atoms with Gasteiger partial charge in [0.15, 0.2) is 0 Å². The lowest BCUT2D eigenvalue weighted by Crippen LogP contribution is -2.34. The lowest BCUT2D eigenvalue weighted by atomic mass is 10.0. The van der Waals surface area contributed by atoms with E-state index in [0.717, 1.165) is 36.4 Å². The summed E-state index contributed by atoms with van der Waals surface area (Å²) in [4.78, 5) is 32.8. The fourth-order valence-electron chi connectivity index (χ4n) is 3.99. The summed E-state index contributed by atoms with van der Waals surface area (Å²) in [6.07, 6.45) is 6.77. The number of aromatic nitrogens is 1. The first-order chi connectivity index (χ1) is 13.6. The van der Waals surface area contributed by atoms with Gasteiger partial charge >= 0.3 is 0 Å². The highest BCUT2D eigenvalue weighted by Gasteiger charge is 2.34. The van der Waals surface area contributed by atoms with Gasteiger partial charge in [-0.3, -0.25) is 9.59 Å². The summed E-state index contributed by atoms with van der Waals surface area (Å²) in [5.74, 6) is -0.276. The van der Waals surface area contributed by atoms with E-state index in [4.69, 9.17) is 4.98 Å². The minimum Gasteiger partial charge on any atom is -0.355 e. The second-order valence-corrected chi connectivity index (χ2v) is 8.82. The number of rotatable bonds is 6. The Morgan fingerprint density at radius 2 is 2.04 bits per heavy atom. The fraction of sp³-hybridized carbons (Fsp3) is 0.500. The molecule has 1 saturated heterocycles. The van der Waals surface area contributed by atoms with E-state index in [-0.39, 0.29) is 24.2 Å². The van der Waals surface area contributed by atoms with Crippen LogP contribution >= 0.6 is 11.3 Å². The molecule has 2 aromatic rings. The molecule has 0 spiro atoms. The number of thiazole rings is 1. The standard InChI is InChI=1S/C22H27N3O2S/c1-2-15-7-9-17(10-8-15)25-14-16(13-21(25)26)22(27)23-12-11-20-24-18-5-3-4-6-19(18)28-20/h7-10,16H,2-6,11-14H2,1H3,(H,23,27). The Bertz CT molecular complexity index is 836. The molecule has 1 aromatic heterocycles. The van der Waals surface area contributed by atoms with E-state index in [9.17, 15) is 9.59 Å². The molecule has 1 atom stereocenters. The number of aryl methyl sites for hydroxylation is 3. The van der Waals surface area contributed by atoms with Crippen LogP contribution in [0.2, 0.25) is 0 Å². The number of carbonyl (C=O) groups is 2. The van der Waals surface area contributed by atoms with Crippen LogP contribution < -0.4 is 10.2 Å². The Hall–Kier alpha value is -2.21. The molecule has 2 amide bonds. The third-order valence-electron chi connectivity index (χ3n) is 5.68. The molecule has 1 aromatic carbocycles. The van der Waals surface area contributed by atoms with E-state index in [1.807, 2.05) is 24.3 Å². The smallest absolute Gasteiger partial charge is 0.227 e. The van der Waals surface area contributed by atoms with Crippen LogP contribution in [-0.4, -0.2) is 29.9 Å². The van der Waals surface area contributed by atoms with Crippen molar-refractivity contribution in [2.24, 2.45) is 5.92 Å². The molecular formula is C22H27N3O2S. The molecular weight excluding hydrogens is 370 g/mol. The second kappa shape index (κ2) is 8.43. The van der Waals surface area contributed by atoms with Crippen molar-refractivity contribution in [3.05, 3.63) is 45.4 Å². The molecule has 6 heteroatoms. The van der Waals surface area contributed by atoms with E-state index in [0.29, 0.717) is 13.1 Å². The summed E-state index contributed by atoms with van der Waals surface area (Å²) >= 11 is 1.80. The van der Waals surface area contributed by atoms with E-state index < -0.39 is 0 Å². The second-order valence-electron chi connectivity index (χ2n) is 7.65. The summed E-state index contributed by atoms with van der Waals surface area (Å²) in [5.41, 5.74) is 3.39.